The van der Waals surface area contributed by atoms with Crippen LogP contribution in [0.4, 0.5) is 0 Å². The molecule has 0 saturated heterocycles. The fourth-order valence-corrected chi connectivity index (χ4v) is 9.92. The molecule has 11 rings (SSSR count). The van der Waals surface area contributed by atoms with E-state index in [1.54, 1.807) is 0 Å². The molecule has 11 aromatic rings. The molecule has 238 valence electrons. The van der Waals surface area contributed by atoms with Crippen LogP contribution in [-0.2, 0) is 0 Å². The van der Waals surface area contributed by atoms with Gasteiger partial charge in [0.2, 0.25) is 0 Å². The molecular weight excluding hydrogens is 661 g/mol. The van der Waals surface area contributed by atoms with E-state index in [1.165, 1.54) is 56.8 Å². The average Bonchev–Trinajstić information content (AvgIpc) is 3.88. The Labute approximate surface area is 300 Å². The Kier molecular flexibility index (Phi) is 6.26. The zero-order chi connectivity index (χ0) is 33.5. The van der Waals surface area contributed by atoms with Crippen LogP contribution in [0.3, 0.4) is 0 Å². The smallest absolute Gasteiger partial charge is 0.164 e. The third-order valence-electron chi connectivity index (χ3n) is 9.86. The molecule has 0 saturated carbocycles. The van der Waals surface area contributed by atoms with Crippen molar-refractivity contribution in [3.05, 3.63) is 158 Å². The summed E-state index contributed by atoms with van der Waals surface area (Å²) in [4.78, 5) is 15.2. The van der Waals surface area contributed by atoms with Gasteiger partial charge in [-0.2, -0.15) is 0 Å². The molecule has 0 aliphatic carbocycles. The minimum Gasteiger partial charge on any atom is -0.308 e. The molecule has 7 aromatic carbocycles. The quantitative estimate of drug-likeness (QED) is 0.185. The summed E-state index contributed by atoms with van der Waals surface area (Å²) in [5.41, 5.74) is 6.52. The maximum Gasteiger partial charge on any atom is 0.164 e. The number of para-hydroxylation sites is 1. The van der Waals surface area contributed by atoms with Crippen LogP contribution >= 0.6 is 22.7 Å². The largest absolute Gasteiger partial charge is 0.308 e. The van der Waals surface area contributed by atoms with Crippen LogP contribution in [0.1, 0.15) is 0 Å². The Morgan fingerprint density at radius 2 is 1.04 bits per heavy atom. The third-order valence-corrected chi connectivity index (χ3v) is 12.2. The van der Waals surface area contributed by atoms with Crippen molar-refractivity contribution < 1.29 is 0 Å². The van der Waals surface area contributed by atoms with Gasteiger partial charge in [-0.15, -0.1) is 22.7 Å². The van der Waals surface area contributed by atoms with Gasteiger partial charge in [0.1, 0.15) is 0 Å². The summed E-state index contributed by atoms with van der Waals surface area (Å²) in [6.07, 6.45) is 0. The summed E-state index contributed by atoms with van der Waals surface area (Å²) in [6, 6.07) is 55.9. The van der Waals surface area contributed by atoms with Crippen LogP contribution < -0.4 is 0 Å². The van der Waals surface area contributed by atoms with Gasteiger partial charge in [-0.25, -0.2) is 15.0 Å². The Balaban J connectivity index is 1.19. The highest BCUT2D eigenvalue weighted by Gasteiger charge is 2.20. The van der Waals surface area contributed by atoms with E-state index in [0.717, 1.165) is 27.8 Å². The minimum atomic E-state index is 0.661. The molecule has 4 heterocycles. The molecule has 6 heteroatoms. The molecule has 0 unspecified atom stereocenters. The number of rotatable bonds is 4. The second-order valence-electron chi connectivity index (χ2n) is 12.8. The summed E-state index contributed by atoms with van der Waals surface area (Å²) in [7, 11) is 0. The molecule has 0 spiro atoms. The average molecular weight is 687 g/mol. The summed E-state index contributed by atoms with van der Waals surface area (Å²) in [5, 5.41) is 7.50. The van der Waals surface area contributed by atoms with E-state index in [1.807, 2.05) is 59.1 Å². The van der Waals surface area contributed by atoms with E-state index < -0.39 is 0 Å². The zero-order valence-electron chi connectivity index (χ0n) is 27.1. The van der Waals surface area contributed by atoms with Gasteiger partial charge in [0.05, 0.1) is 15.7 Å². The van der Waals surface area contributed by atoms with Gasteiger partial charge in [-0.3, -0.25) is 0 Å². The molecule has 0 radical (unpaired) electrons. The lowest BCUT2D eigenvalue weighted by molar-refractivity contribution is 1.08. The first kappa shape index (κ1) is 28.6. The van der Waals surface area contributed by atoms with E-state index in [4.69, 9.17) is 15.0 Å². The summed E-state index contributed by atoms with van der Waals surface area (Å²) in [6.45, 7) is 0. The molecule has 4 aromatic heterocycles. The lowest BCUT2D eigenvalue weighted by Gasteiger charge is -2.11. The summed E-state index contributed by atoms with van der Waals surface area (Å²) >= 11 is 3.69. The fraction of sp³-hybridized carbons (Fsp3) is 0. The molecule has 0 aliphatic rings. The summed E-state index contributed by atoms with van der Waals surface area (Å²) in [5.74, 6) is 1.99. The maximum absolute atomic E-state index is 5.12. The van der Waals surface area contributed by atoms with Gasteiger partial charge >= 0.3 is 0 Å². The van der Waals surface area contributed by atoms with Crippen molar-refractivity contribution in [1.29, 1.82) is 0 Å². The minimum absolute atomic E-state index is 0.661. The van der Waals surface area contributed by atoms with Crippen LogP contribution in [0, 0.1) is 0 Å². The third kappa shape index (κ3) is 4.40. The van der Waals surface area contributed by atoms with Crippen LogP contribution in [-0.4, -0.2) is 19.5 Å². The van der Waals surface area contributed by atoms with Crippen molar-refractivity contribution in [3.63, 3.8) is 0 Å². The van der Waals surface area contributed by atoms with E-state index in [9.17, 15) is 0 Å². The molecule has 51 heavy (non-hydrogen) atoms. The van der Waals surface area contributed by atoms with E-state index in [2.05, 4.69) is 126 Å². The van der Waals surface area contributed by atoms with Crippen molar-refractivity contribution in [2.45, 2.75) is 0 Å². The van der Waals surface area contributed by atoms with Crippen molar-refractivity contribution in [2.24, 2.45) is 0 Å². The molecule has 0 atom stereocenters. The highest BCUT2D eigenvalue weighted by Crippen LogP contribution is 2.45. The van der Waals surface area contributed by atoms with Crippen molar-refractivity contribution in [3.8, 4) is 39.9 Å². The van der Waals surface area contributed by atoms with Gasteiger partial charge in [0, 0.05) is 68.8 Å². The topological polar surface area (TPSA) is 43.6 Å². The van der Waals surface area contributed by atoms with Crippen molar-refractivity contribution in [2.75, 3.05) is 0 Å². The lowest BCUT2D eigenvalue weighted by atomic mass is 10.0. The molecule has 0 aliphatic heterocycles. The molecule has 4 nitrogen and oxygen atoms in total. The van der Waals surface area contributed by atoms with Crippen LogP contribution in [0.2, 0.25) is 0 Å². The molecule has 0 fully saturated rings. The van der Waals surface area contributed by atoms with Crippen LogP contribution in [0.15, 0.2) is 158 Å². The van der Waals surface area contributed by atoms with Crippen molar-refractivity contribution >= 4 is 84.8 Å². The second-order valence-corrected chi connectivity index (χ2v) is 14.9. The predicted octanol–water partition coefficient (Wildman–Crippen LogP) is 12.7. The predicted molar refractivity (Wildman–Crippen MR) is 216 cm³/mol. The number of hydrogen-bond donors (Lipinski definition) is 0. The number of benzene rings is 7. The second kappa shape index (κ2) is 11.2. The van der Waals surface area contributed by atoms with Crippen LogP contribution in [0.5, 0.6) is 0 Å². The summed E-state index contributed by atoms with van der Waals surface area (Å²) < 4.78 is 7.53. The Bertz CT molecular complexity index is 3080. The van der Waals surface area contributed by atoms with Gasteiger partial charge in [0.25, 0.3) is 0 Å². The highest BCUT2D eigenvalue weighted by molar-refractivity contribution is 7.26. The van der Waals surface area contributed by atoms with E-state index in [-0.39, 0.29) is 0 Å². The lowest BCUT2D eigenvalue weighted by Crippen LogP contribution is -2.00. The van der Waals surface area contributed by atoms with Gasteiger partial charge in [-0.05, 0) is 36.4 Å². The normalized spacial score (nSPS) is 11.9. The molecular formula is C45H26N4S2. The first-order valence-electron chi connectivity index (χ1n) is 16.9. The van der Waals surface area contributed by atoms with Gasteiger partial charge < -0.3 is 4.57 Å². The Morgan fingerprint density at radius 3 is 1.82 bits per heavy atom. The van der Waals surface area contributed by atoms with Gasteiger partial charge in [-0.1, -0.05) is 121 Å². The number of fused-ring (bicyclic) bond motifs is 10. The standard InChI is InChI=1S/C45H26N4S2/c1-3-12-27(13-4-1)43-46-44(28-14-5-2-6-15-28)48-45(47-43)34-18-11-21-39-40(34)35-26-29(22-25-38(35)50-39)49-36-19-9-7-16-30(36)32-23-24-33-31-17-8-10-20-37(31)51-42(33)41(32)49/h1-26H. The van der Waals surface area contributed by atoms with Crippen molar-refractivity contribution in [1.82, 2.24) is 19.5 Å². The first-order chi connectivity index (χ1) is 25.3. The maximum atomic E-state index is 5.12. The Hall–Kier alpha value is -6.21. The number of hydrogen-bond acceptors (Lipinski definition) is 5. The van der Waals surface area contributed by atoms with E-state index in [0.29, 0.717) is 17.5 Å². The monoisotopic (exact) mass is 686 g/mol. The number of thiophene rings is 2. The van der Waals surface area contributed by atoms with Gasteiger partial charge in [0.15, 0.2) is 17.5 Å². The number of nitrogens with zero attached hydrogens (tertiary/aromatic N) is 4. The molecule has 0 N–H and O–H groups in total. The fourth-order valence-electron chi connectivity index (χ4n) is 7.57. The first-order valence-corrected chi connectivity index (χ1v) is 18.6. The highest BCUT2D eigenvalue weighted by atomic mass is 32.1. The molecule has 0 amide bonds. The zero-order valence-corrected chi connectivity index (χ0v) is 28.7. The Morgan fingerprint density at radius 1 is 0.412 bits per heavy atom. The van der Waals surface area contributed by atoms with Crippen LogP contribution in [0.25, 0.3) is 102 Å². The SMILES string of the molecule is c1ccc(-c2nc(-c3ccccc3)nc(-c3cccc4sc5ccc(-n6c7ccccc7c7ccc8c9ccccc9sc8c76)cc5c34)n2)cc1. The van der Waals surface area contributed by atoms with E-state index >= 15 is 0 Å². The molecule has 0 bridgehead atoms. The number of aromatic nitrogens is 4.